The topological polar surface area (TPSA) is 109 Å². The number of hydrogen-bond donors (Lipinski definition) is 3. The minimum atomic E-state index is -3.77. The van der Waals surface area contributed by atoms with Crippen LogP contribution < -0.4 is 10.5 Å². The second kappa shape index (κ2) is 6.48. The fourth-order valence-corrected chi connectivity index (χ4v) is 1.93. The third-order valence-electron chi connectivity index (χ3n) is 2.26. The number of anilines is 1. The fourth-order valence-electron chi connectivity index (χ4n) is 1.37. The van der Waals surface area contributed by atoms with Crippen LogP contribution in [0.2, 0.25) is 0 Å². The summed E-state index contributed by atoms with van der Waals surface area (Å²) < 4.78 is 22.2. The number of primary sulfonamides is 1. The zero-order chi connectivity index (χ0) is 13.6. The number of nitrogens with one attached hydrogen (secondary N) is 1. The van der Waals surface area contributed by atoms with Gasteiger partial charge in [0.15, 0.2) is 0 Å². The molecule has 18 heavy (non-hydrogen) atoms. The van der Waals surface area contributed by atoms with Gasteiger partial charge in [0.05, 0.1) is 4.90 Å². The second-order valence-corrected chi connectivity index (χ2v) is 5.36. The van der Waals surface area contributed by atoms with Crippen molar-refractivity contribution >= 4 is 21.6 Å². The van der Waals surface area contributed by atoms with Crippen LogP contribution in [0.15, 0.2) is 29.2 Å². The summed E-state index contributed by atoms with van der Waals surface area (Å²) in [7, 11) is -3.77. The van der Waals surface area contributed by atoms with E-state index in [-0.39, 0.29) is 23.8 Å². The molecule has 6 nitrogen and oxygen atoms in total. The van der Waals surface area contributed by atoms with Crippen LogP contribution in [0.5, 0.6) is 0 Å². The fraction of sp³-hybridized carbons (Fsp3) is 0.364. The molecule has 0 unspecified atom stereocenters. The summed E-state index contributed by atoms with van der Waals surface area (Å²) >= 11 is 0. The van der Waals surface area contributed by atoms with Crippen molar-refractivity contribution in [2.24, 2.45) is 5.14 Å². The summed E-state index contributed by atoms with van der Waals surface area (Å²) in [6.07, 6.45) is 1.42. The van der Waals surface area contributed by atoms with Gasteiger partial charge >= 0.3 is 0 Å². The molecule has 0 saturated heterocycles. The molecule has 0 fully saturated rings. The number of carbonyl (C=O) groups excluding carboxylic acids is 1. The Hall–Kier alpha value is -1.44. The maximum Gasteiger partial charge on any atom is 0.238 e. The van der Waals surface area contributed by atoms with Crippen molar-refractivity contribution in [2.75, 3.05) is 11.9 Å². The molecule has 1 aromatic rings. The molecule has 0 spiro atoms. The average Bonchev–Trinajstić information content (AvgIpc) is 2.28. The Morgan fingerprint density at radius 1 is 1.33 bits per heavy atom. The molecule has 4 N–H and O–H groups in total. The van der Waals surface area contributed by atoms with Gasteiger partial charge in [-0.1, -0.05) is 6.07 Å². The Bertz CT molecular complexity index is 514. The first kappa shape index (κ1) is 14.6. The smallest absolute Gasteiger partial charge is 0.238 e. The molecule has 7 heteroatoms. The minimum Gasteiger partial charge on any atom is -0.396 e. The first-order chi connectivity index (χ1) is 8.43. The van der Waals surface area contributed by atoms with Crippen LogP contribution in [0.25, 0.3) is 0 Å². The van der Waals surface area contributed by atoms with Crippen molar-refractivity contribution in [1.82, 2.24) is 0 Å². The Labute approximate surface area is 106 Å². The molecule has 0 radical (unpaired) electrons. The normalized spacial score (nSPS) is 11.2. The molecular formula is C11H16N2O4S. The molecular weight excluding hydrogens is 256 g/mol. The van der Waals surface area contributed by atoms with E-state index in [1.54, 1.807) is 6.07 Å². The monoisotopic (exact) mass is 272 g/mol. The molecule has 0 heterocycles. The minimum absolute atomic E-state index is 0.0457. The first-order valence-electron chi connectivity index (χ1n) is 5.47. The van der Waals surface area contributed by atoms with E-state index in [9.17, 15) is 13.2 Å². The number of sulfonamides is 1. The van der Waals surface area contributed by atoms with E-state index in [4.69, 9.17) is 10.2 Å². The van der Waals surface area contributed by atoms with Crippen LogP contribution in [-0.4, -0.2) is 26.0 Å². The molecule has 1 rings (SSSR count). The maximum atomic E-state index is 11.5. The van der Waals surface area contributed by atoms with E-state index >= 15 is 0 Å². The Balaban J connectivity index is 2.65. The standard InChI is InChI=1S/C11H16N2O4S/c12-18(16,17)10-5-3-4-9(8-10)13-11(15)6-1-2-7-14/h3-5,8,14H,1-2,6-7H2,(H,13,15)(H2,12,16,17). The maximum absolute atomic E-state index is 11.5. The van der Waals surface area contributed by atoms with E-state index in [2.05, 4.69) is 5.32 Å². The second-order valence-electron chi connectivity index (χ2n) is 3.80. The summed E-state index contributed by atoms with van der Waals surface area (Å²) in [5.41, 5.74) is 0.385. The lowest BCUT2D eigenvalue weighted by molar-refractivity contribution is -0.116. The average molecular weight is 272 g/mol. The van der Waals surface area contributed by atoms with Gasteiger partial charge in [0.25, 0.3) is 0 Å². The van der Waals surface area contributed by atoms with E-state index in [0.29, 0.717) is 18.5 Å². The summed E-state index contributed by atoms with van der Waals surface area (Å²) in [6.45, 7) is 0.0498. The Morgan fingerprint density at radius 2 is 2.06 bits per heavy atom. The van der Waals surface area contributed by atoms with Crippen LogP contribution in [0.3, 0.4) is 0 Å². The number of nitrogens with two attached hydrogens (primary N) is 1. The summed E-state index contributed by atoms with van der Waals surface area (Å²) in [5.74, 6) is -0.227. The number of rotatable bonds is 6. The summed E-state index contributed by atoms with van der Waals surface area (Å²) in [6, 6.07) is 5.75. The van der Waals surface area contributed by atoms with Gasteiger partial charge in [0, 0.05) is 18.7 Å². The number of unbranched alkanes of at least 4 members (excludes halogenated alkanes) is 1. The number of hydrogen-bond acceptors (Lipinski definition) is 4. The molecule has 0 aliphatic rings. The third kappa shape index (κ3) is 4.82. The van der Waals surface area contributed by atoms with Crippen molar-refractivity contribution in [3.63, 3.8) is 0 Å². The van der Waals surface area contributed by atoms with Crippen molar-refractivity contribution in [3.8, 4) is 0 Å². The molecule has 0 aliphatic heterocycles. The van der Waals surface area contributed by atoms with Gasteiger partial charge in [-0.25, -0.2) is 13.6 Å². The molecule has 1 amide bonds. The molecule has 0 aliphatic carbocycles. The van der Waals surface area contributed by atoms with Gasteiger partial charge in [0.2, 0.25) is 15.9 Å². The molecule has 0 saturated carbocycles. The first-order valence-corrected chi connectivity index (χ1v) is 7.01. The predicted molar refractivity (Wildman–Crippen MR) is 67.4 cm³/mol. The van der Waals surface area contributed by atoms with Gasteiger partial charge in [-0.3, -0.25) is 4.79 Å². The highest BCUT2D eigenvalue weighted by molar-refractivity contribution is 7.89. The predicted octanol–water partition coefficient (Wildman–Crippen LogP) is 0.435. The number of benzene rings is 1. The van der Waals surface area contributed by atoms with Crippen LogP contribution in [-0.2, 0) is 14.8 Å². The van der Waals surface area contributed by atoms with E-state index in [0.717, 1.165) is 0 Å². The third-order valence-corrected chi connectivity index (χ3v) is 3.17. The summed E-state index contributed by atoms with van der Waals surface area (Å²) in [5, 5.41) is 16.1. The number of carbonyl (C=O) groups is 1. The van der Waals surface area contributed by atoms with Gasteiger partial charge in [-0.2, -0.15) is 0 Å². The van der Waals surface area contributed by atoms with Crippen molar-refractivity contribution in [1.29, 1.82) is 0 Å². The van der Waals surface area contributed by atoms with Crippen molar-refractivity contribution in [3.05, 3.63) is 24.3 Å². The van der Waals surface area contributed by atoms with E-state index < -0.39 is 10.0 Å². The molecule has 0 bridgehead atoms. The highest BCUT2D eigenvalue weighted by atomic mass is 32.2. The molecule has 1 aromatic carbocycles. The van der Waals surface area contributed by atoms with Gasteiger partial charge in [-0.05, 0) is 31.0 Å². The highest BCUT2D eigenvalue weighted by Crippen LogP contribution is 2.14. The van der Waals surface area contributed by atoms with E-state index in [1.165, 1.54) is 18.2 Å². The van der Waals surface area contributed by atoms with Crippen LogP contribution in [0, 0.1) is 0 Å². The van der Waals surface area contributed by atoms with Gasteiger partial charge < -0.3 is 10.4 Å². The van der Waals surface area contributed by atoms with Crippen LogP contribution >= 0.6 is 0 Å². The van der Waals surface area contributed by atoms with Crippen molar-refractivity contribution < 1.29 is 18.3 Å². The zero-order valence-corrected chi connectivity index (χ0v) is 10.6. The number of aliphatic hydroxyl groups is 1. The highest BCUT2D eigenvalue weighted by Gasteiger charge is 2.09. The number of amides is 1. The molecule has 0 atom stereocenters. The quantitative estimate of drug-likeness (QED) is 0.652. The Morgan fingerprint density at radius 3 is 2.67 bits per heavy atom. The SMILES string of the molecule is NS(=O)(=O)c1cccc(NC(=O)CCCCO)c1. The lowest BCUT2D eigenvalue weighted by Crippen LogP contribution is -2.14. The molecule has 0 aromatic heterocycles. The van der Waals surface area contributed by atoms with E-state index in [1.807, 2.05) is 0 Å². The lowest BCUT2D eigenvalue weighted by Gasteiger charge is -2.06. The summed E-state index contributed by atoms with van der Waals surface area (Å²) in [4.78, 5) is 11.4. The largest absolute Gasteiger partial charge is 0.396 e. The van der Waals surface area contributed by atoms with Crippen molar-refractivity contribution in [2.45, 2.75) is 24.2 Å². The van der Waals surface area contributed by atoms with Gasteiger partial charge in [-0.15, -0.1) is 0 Å². The zero-order valence-electron chi connectivity index (χ0n) is 9.80. The van der Waals surface area contributed by atoms with Crippen LogP contribution in [0.4, 0.5) is 5.69 Å². The molecule has 100 valence electrons. The Kier molecular flexibility index (Phi) is 5.26. The lowest BCUT2D eigenvalue weighted by atomic mass is 10.2. The van der Waals surface area contributed by atoms with Crippen LogP contribution in [0.1, 0.15) is 19.3 Å². The number of aliphatic hydroxyl groups excluding tert-OH is 1. The van der Waals surface area contributed by atoms with Gasteiger partial charge in [0.1, 0.15) is 0 Å².